The highest BCUT2D eigenvalue weighted by atomic mass is 16.6. The molecular weight excluding hydrogens is 859 g/mol. The largest absolute Gasteiger partial charge is 0.489 e. The summed E-state index contributed by atoms with van der Waals surface area (Å²) < 4.78 is 30.5. The fourth-order valence-corrected chi connectivity index (χ4v) is 7.00. The summed E-state index contributed by atoms with van der Waals surface area (Å²) in [6, 6.07) is 6.40. The van der Waals surface area contributed by atoms with Gasteiger partial charge in [0.25, 0.3) is 23.6 Å². The van der Waals surface area contributed by atoms with E-state index in [4.69, 9.17) is 23.7 Å². The standard InChI is InChI=1S/C50H81N7O10/c1-9-14-33-63-41-37-18-20-39(43(41)65-35-16-11-3)47(60)53-24-30-57(32-26-55-49(62)67-50(6,7)8)31-25-54-48(61)40-21-19-38(42(64-34-15-10-2)44(40)66-36-17-12-4)46(59)52-23-29-56(27-13-5)28-22-51-45(37)58/h18-21H,9-17,22-36H2,1-8H3,(H,51,58)(H,52,59)(H,53,60)(H,54,61)(H,55,62). The normalized spacial score (nSPS) is 15.3. The summed E-state index contributed by atoms with van der Waals surface area (Å²) in [5.74, 6) is -0.653. The lowest BCUT2D eigenvalue weighted by molar-refractivity contribution is 0.0522. The Morgan fingerprint density at radius 2 is 0.806 bits per heavy atom. The number of rotatable bonds is 21. The van der Waals surface area contributed by atoms with Crippen LogP contribution < -0.4 is 45.5 Å². The zero-order chi connectivity index (χ0) is 49.0. The molecule has 0 atom stereocenters. The zero-order valence-corrected chi connectivity index (χ0v) is 41.8. The maximum Gasteiger partial charge on any atom is 0.407 e. The minimum atomic E-state index is -0.674. The number of benzene rings is 2. The number of alkyl carbamates (subject to hydrolysis) is 1. The molecule has 2 aromatic rings. The minimum Gasteiger partial charge on any atom is -0.489 e. The third kappa shape index (κ3) is 19.8. The van der Waals surface area contributed by atoms with Gasteiger partial charge < -0.3 is 50.3 Å². The summed E-state index contributed by atoms with van der Waals surface area (Å²) in [5, 5.41) is 14.9. The summed E-state index contributed by atoms with van der Waals surface area (Å²) in [4.78, 5) is 72.7. The van der Waals surface area contributed by atoms with E-state index in [-0.39, 0.29) is 76.7 Å². The molecule has 4 heterocycles. The minimum absolute atomic E-state index is 0.202. The second kappa shape index (κ2) is 30.9. The predicted molar refractivity (Wildman–Crippen MR) is 261 cm³/mol. The second-order valence-corrected chi connectivity index (χ2v) is 17.6. The molecule has 0 fully saturated rings. The van der Waals surface area contributed by atoms with Crippen molar-refractivity contribution in [3.63, 3.8) is 0 Å². The molecule has 17 heteroatoms. The predicted octanol–water partition coefficient (Wildman–Crippen LogP) is 6.57. The topological polar surface area (TPSA) is 198 Å². The van der Waals surface area contributed by atoms with Crippen LogP contribution in [0, 0.1) is 0 Å². The molecule has 0 spiro atoms. The van der Waals surface area contributed by atoms with Crippen LogP contribution in [-0.4, -0.2) is 144 Å². The number of hydrogen-bond donors (Lipinski definition) is 5. The average Bonchev–Trinajstić information content (AvgIpc) is 3.28. The number of nitrogens with zero attached hydrogens (tertiary/aromatic N) is 2. The van der Waals surface area contributed by atoms with Crippen molar-refractivity contribution in [1.82, 2.24) is 36.4 Å². The highest BCUT2D eigenvalue weighted by molar-refractivity contribution is 6.04. The van der Waals surface area contributed by atoms with Crippen molar-refractivity contribution < 1.29 is 47.7 Å². The molecule has 0 unspecified atom stereocenters. The lowest BCUT2D eigenvalue weighted by Gasteiger charge is -2.25. The number of carbonyl (C=O) groups is 5. The molecule has 0 radical (unpaired) electrons. The van der Waals surface area contributed by atoms with Crippen molar-refractivity contribution in [3.8, 4) is 23.0 Å². The molecule has 5 amide bonds. The molecule has 0 saturated heterocycles. The van der Waals surface area contributed by atoms with E-state index in [1.54, 1.807) is 45.0 Å². The van der Waals surface area contributed by atoms with Crippen molar-refractivity contribution in [2.75, 3.05) is 98.4 Å². The Morgan fingerprint density at radius 3 is 1.07 bits per heavy atom. The van der Waals surface area contributed by atoms with Gasteiger partial charge >= 0.3 is 6.09 Å². The highest BCUT2D eigenvalue weighted by Crippen LogP contribution is 2.37. The van der Waals surface area contributed by atoms with Crippen molar-refractivity contribution in [2.24, 2.45) is 0 Å². The first-order valence-corrected chi connectivity index (χ1v) is 24.7. The fourth-order valence-electron chi connectivity index (χ4n) is 7.00. The molecular formula is C50H81N7O10. The van der Waals surface area contributed by atoms with Crippen molar-refractivity contribution in [1.29, 1.82) is 0 Å². The third-order valence-electron chi connectivity index (χ3n) is 10.7. The molecule has 0 saturated carbocycles. The number of unbranched alkanes of at least 4 members (excludes halogenated alkanes) is 4. The molecule has 0 aromatic heterocycles. The fraction of sp³-hybridized carbons (Fsp3) is 0.660. The quantitative estimate of drug-likeness (QED) is 0.0846. The second-order valence-electron chi connectivity index (χ2n) is 17.6. The van der Waals surface area contributed by atoms with E-state index in [9.17, 15) is 24.0 Å². The lowest BCUT2D eigenvalue weighted by atomic mass is 10.1. The van der Waals surface area contributed by atoms with Crippen LogP contribution in [0.25, 0.3) is 0 Å². The highest BCUT2D eigenvalue weighted by Gasteiger charge is 2.27. The van der Waals surface area contributed by atoms with E-state index < -0.39 is 23.5 Å². The van der Waals surface area contributed by atoms with Crippen LogP contribution >= 0.6 is 0 Å². The van der Waals surface area contributed by atoms with Crippen molar-refractivity contribution in [3.05, 3.63) is 46.5 Å². The molecule has 4 bridgehead atoms. The monoisotopic (exact) mass is 940 g/mol. The van der Waals surface area contributed by atoms with Crippen molar-refractivity contribution in [2.45, 2.75) is 119 Å². The number of nitrogens with one attached hydrogen (secondary N) is 5. The van der Waals surface area contributed by atoms with E-state index in [0.29, 0.717) is 72.2 Å². The van der Waals surface area contributed by atoms with Gasteiger partial charge in [-0.25, -0.2) is 4.79 Å². The first kappa shape index (κ1) is 56.0. The lowest BCUT2D eigenvalue weighted by Crippen LogP contribution is -2.43. The van der Waals surface area contributed by atoms with Gasteiger partial charge in [-0.05, 0) is 83.7 Å². The number of carbonyl (C=O) groups excluding carboxylic acids is 5. The van der Waals surface area contributed by atoms with Gasteiger partial charge in [-0.1, -0.05) is 60.3 Å². The molecule has 67 heavy (non-hydrogen) atoms. The molecule has 6 rings (SSSR count). The Labute approximate surface area is 399 Å². The molecule has 17 nitrogen and oxygen atoms in total. The van der Waals surface area contributed by atoms with Crippen LogP contribution in [0.1, 0.15) is 155 Å². The van der Waals surface area contributed by atoms with Crippen LogP contribution in [0.3, 0.4) is 0 Å². The van der Waals surface area contributed by atoms with E-state index in [1.807, 2.05) is 32.6 Å². The van der Waals surface area contributed by atoms with Crippen LogP contribution in [0.2, 0.25) is 0 Å². The van der Waals surface area contributed by atoms with Gasteiger partial charge in [0.2, 0.25) is 0 Å². The molecule has 376 valence electrons. The van der Waals surface area contributed by atoms with Crippen LogP contribution in [0.4, 0.5) is 4.79 Å². The summed E-state index contributed by atoms with van der Waals surface area (Å²) in [7, 11) is 0. The first-order valence-electron chi connectivity index (χ1n) is 24.7. The Bertz CT molecular complexity index is 1740. The average molecular weight is 940 g/mol. The van der Waals surface area contributed by atoms with Gasteiger partial charge in [0.1, 0.15) is 5.60 Å². The molecule has 4 aliphatic rings. The van der Waals surface area contributed by atoms with Crippen LogP contribution in [0.5, 0.6) is 23.0 Å². The number of hydrogen-bond acceptors (Lipinski definition) is 12. The number of ether oxygens (including phenoxy) is 5. The van der Waals surface area contributed by atoms with Gasteiger partial charge in [0.15, 0.2) is 23.0 Å². The van der Waals surface area contributed by atoms with Gasteiger partial charge in [0.05, 0.1) is 48.7 Å². The maximum atomic E-state index is 14.0. The Balaban J connectivity index is 2.06. The van der Waals surface area contributed by atoms with Gasteiger partial charge in [-0.2, -0.15) is 0 Å². The van der Waals surface area contributed by atoms with Gasteiger partial charge in [-0.3, -0.25) is 29.0 Å². The van der Waals surface area contributed by atoms with Crippen molar-refractivity contribution >= 4 is 29.7 Å². The van der Waals surface area contributed by atoms with E-state index >= 15 is 0 Å². The third-order valence-corrected chi connectivity index (χ3v) is 10.7. The zero-order valence-electron chi connectivity index (χ0n) is 41.8. The SMILES string of the molecule is CCCCOc1c2ccc(c1OCCCC)C(=O)NCCN(CCNC(=O)OC(C)(C)C)CCNC(=O)c1ccc(c(OCCCC)c1OCCCC)C(=O)NCCN(CCC)CCNC2=O. The van der Waals surface area contributed by atoms with E-state index in [0.717, 1.165) is 64.3 Å². The summed E-state index contributed by atoms with van der Waals surface area (Å²) in [6.45, 7) is 21.0. The maximum absolute atomic E-state index is 14.0. The number of amides is 5. The summed E-state index contributed by atoms with van der Waals surface area (Å²) in [6.07, 6.45) is 6.69. The molecule has 5 N–H and O–H groups in total. The summed E-state index contributed by atoms with van der Waals surface area (Å²) in [5.41, 5.74) is 0.335. The van der Waals surface area contributed by atoms with E-state index in [1.165, 1.54) is 0 Å². The van der Waals surface area contributed by atoms with Gasteiger partial charge in [-0.15, -0.1) is 0 Å². The van der Waals surface area contributed by atoms with Gasteiger partial charge in [0, 0.05) is 65.4 Å². The molecule has 4 aliphatic heterocycles. The Kier molecular flexibility index (Phi) is 25.8. The van der Waals surface area contributed by atoms with Crippen LogP contribution in [-0.2, 0) is 4.74 Å². The Hall–Kier alpha value is -5.29. The smallest absolute Gasteiger partial charge is 0.407 e. The Morgan fingerprint density at radius 1 is 0.507 bits per heavy atom. The first-order chi connectivity index (χ1) is 32.3. The molecule has 0 aliphatic carbocycles. The van der Waals surface area contributed by atoms with E-state index in [2.05, 4.69) is 38.4 Å². The summed E-state index contributed by atoms with van der Waals surface area (Å²) >= 11 is 0. The van der Waals surface area contributed by atoms with Crippen LogP contribution in [0.15, 0.2) is 24.3 Å². The molecule has 2 aromatic carbocycles.